The van der Waals surface area contributed by atoms with E-state index in [1.807, 2.05) is 24.1 Å². The number of amides is 1. The molecule has 0 spiro atoms. The molecular formula is C18H23N5O3. The number of H-pyrrole nitrogens is 1. The number of likely N-dealkylation sites (N-methyl/N-ethyl adjacent to an activating group) is 1. The van der Waals surface area contributed by atoms with Crippen LogP contribution in [-0.4, -0.2) is 63.9 Å². The number of carbonyl (C=O) groups is 1. The smallest absolute Gasteiger partial charge is 0.251 e. The van der Waals surface area contributed by atoms with Gasteiger partial charge in [0.05, 0.1) is 19.7 Å². The number of rotatable bonds is 5. The van der Waals surface area contributed by atoms with Crippen molar-refractivity contribution in [2.24, 2.45) is 0 Å². The molecule has 0 bridgehead atoms. The highest BCUT2D eigenvalue weighted by Gasteiger charge is 2.27. The van der Waals surface area contributed by atoms with Crippen LogP contribution in [0.3, 0.4) is 0 Å². The van der Waals surface area contributed by atoms with Gasteiger partial charge in [-0.15, -0.1) is 0 Å². The van der Waals surface area contributed by atoms with Gasteiger partial charge in [0.15, 0.2) is 0 Å². The quantitative estimate of drug-likeness (QED) is 0.838. The minimum atomic E-state index is -0.413. The molecule has 1 fully saturated rings. The maximum absolute atomic E-state index is 12.6. The van der Waals surface area contributed by atoms with Crippen LogP contribution in [0.2, 0.25) is 0 Å². The predicted octanol–water partition coefficient (Wildman–Crippen LogP) is 0.505. The molecule has 2 aromatic rings. The fourth-order valence-electron chi connectivity index (χ4n) is 2.99. The summed E-state index contributed by atoms with van der Waals surface area (Å²) in [4.78, 5) is 39.1. The Hall–Kier alpha value is -2.58. The van der Waals surface area contributed by atoms with Crippen molar-refractivity contribution in [1.82, 2.24) is 24.8 Å². The zero-order valence-electron chi connectivity index (χ0n) is 15.0. The Balaban J connectivity index is 1.60. The molecule has 0 saturated carbocycles. The Morgan fingerprint density at radius 3 is 3.08 bits per heavy atom. The maximum Gasteiger partial charge on any atom is 0.251 e. The fraction of sp³-hybridized carbons (Fsp3) is 0.444. The van der Waals surface area contributed by atoms with Crippen molar-refractivity contribution in [2.45, 2.75) is 19.6 Å². The Morgan fingerprint density at radius 2 is 2.35 bits per heavy atom. The lowest BCUT2D eigenvalue weighted by Gasteiger charge is -2.33. The Labute approximate surface area is 151 Å². The molecule has 26 heavy (non-hydrogen) atoms. The minimum absolute atomic E-state index is 0.0275. The van der Waals surface area contributed by atoms with Crippen LogP contribution in [0.15, 0.2) is 35.4 Å². The number of aromatic nitrogens is 3. The molecule has 0 aromatic carbocycles. The molecule has 0 radical (unpaired) electrons. The SMILES string of the molecule is Cc1cc(=O)[nH]c(C2CN(C(=O)CN(C)Cc3cccnc3)CCO2)n1. The fourth-order valence-corrected chi connectivity index (χ4v) is 2.99. The van der Waals surface area contributed by atoms with Gasteiger partial charge in [0.25, 0.3) is 5.56 Å². The summed E-state index contributed by atoms with van der Waals surface area (Å²) in [5, 5.41) is 0. The number of aryl methyl sites for hydroxylation is 1. The summed E-state index contributed by atoms with van der Waals surface area (Å²) in [5.74, 6) is 0.496. The molecule has 3 rings (SSSR count). The van der Waals surface area contributed by atoms with E-state index in [1.165, 1.54) is 6.07 Å². The Kier molecular flexibility index (Phi) is 5.75. The second-order valence-corrected chi connectivity index (χ2v) is 6.50. The van der Waals surface area contributed by atoms with Crippen LogP contribution in [0, 0.1) is 6.92 Å². The largest absolute Gasteiger partial charge is 0.367 e. The van der Waals surface area contributed by atoms with Gasteiger partial charge in [-0.25, -0.2) is 4.98 Å². The molecule has 1 atom stereocenters. The van der Waals surface area contributed by atoms with E-state index in [0.29, 0.717) is 44.3 Å². The van der Waals surface area contributed by atoms with Crippen LogP contribution < -0.4 is 5.56 Å². The summed E-state index contributed by atoms with van der Waals surface area (Å²) in [6.45, 7) is 4.05. The summed E-state index contributed by atoms with van der Waals surface area (Å²) in [6.07, 6.45) is 3.11. The second kappa shape index (κ2) is 8.20. The van der Waals surface area contributed by atoms with Crippen molar-refractivity contribution in [3.8, 4) is 0 Å². The first-order chi connectivity index (χ1) is 12.5. The number of hydrogen-bond donors (Lipinski definition) is 1. The van der Waals surface area contributed by atoms with E-state index in [0.717, 1.165) is 5.56 Å². The zero-order chi connectivity index (χ0) is 18.5. The van der Waals surface area contributed by atoms with Gasteiger partial charge >= 0.3 is 0 Å². The van der Waals surface area contributed by atoms with Crippen molar-refractivity contribution in [1.29, 1.82) is 0 Å². The average molecular weight is 357 g/mol. The molecule has 1 N–H and O–H groups in total. The molecule has 2 aromatic heterocycles. The van der Waals surface area contributed by atoms with Crippen LogP contribution in [0.25, 0.3) is 0 Å². The molecule has 1 unspecified atom stereocenters. The normalized spacial score (nSPS) is 17.5. The number of aromatic amines is 1. The third-order valence-electron chi connectivity index (χ3n) is 4.19. The molecule has 3 heterocycles. The van der Waals surface area contributed by atoms with Gasteiger partial charge < -0.3 is 14.6 Å². The molecule has 8 heteroatoms. The van der Waals surface area contributed by atoms with E-state index in [4.69, 9.17) is 4.74 Å². The molecule has 1 aliphatic heterocycles. The minimum Gasteiger partial charge on any atom is -0.367 e. The van der Waals surface area contributed by atoms with Gasteiger partial charge in [-0.1, -0.05) is 6.07 Å². The molecule has 0 aliphatic carbocycles. The monoisotopic (exact) mass is 357 g/mol. The molecule has 1 amide bonds. The number of carbonyl (C=O) groups excluding carboxylic acids is 1. The van der Waals surface area contributed by atoms with Gasteiger partial charge in [-0.3, -0.25) is 19.5 Å². The molecule has 138 valence electrons. The highest BCUT2D eigenvalue weighted by Crippen LogP contribution is 2.18. The summed E-state index contributed by atoms with van der Waals surface area (Å²) >= 11 is 0. The van der Waals surface area contributed by atoms with Crippen LogP contribution in [0.5, 0.6) is 0 Å². The highest BCUT2D eigenvalue weighted by molar-refractivity contribution is 5.78. The van der Waals surface area contributed by atoms with E-state index in [-0.39, 0.29) is 11.5 Å². The van der Waals surface area contributed by atoms with Crippen LogP contribution in [0.4, 0.5) is 0 Å². The predicted molar refractivity (Wildman–Crippen MR) is 95.4 cm³/mol. The summed E-state index contributed by atoms with van der Waals surface area (Å²) in [6, 6.07) is 5.30. The zero-order valence-corrected chi connectivity index (χ0v) is 15.0. The number of morpholine rings is 1. The topological polar surface area (TPSA) is 91.4 Å². The lowest BCUT2D eigenvalue weighted by molar-refractivity contribution is -0.140. The molecule has 1 saturated heterocycles. The van der Waals surface area contributed by atoms with Gasteiger partial charge in [0, 0.05) is 37.2 Å². The van der Waals surface area contributed by atoms with Gasteiger partial charge in [-0.2, -0.15) is 0 Å². The Morgan fingerprint density at radius 1 is 1.50 bits per heavy atom. The van der Waals surface area contributed by atoms with Crippen molar-refractivity contribution < 1.29 is 9.53 Å². The van der Waals surface area contributed by atoms with E-state index in [2.05, 4.69) is 15.0 Å². The van der Waals surface area contributed by atoms with E-state index < -0.39 is 6.10 Å². The number of nitrogens with one attached hydrogen (secondary N) is 1. The average Bonchev–Trinajstić information content (AvgIpc) is 2.61. The number of ether oxygens (including phenoxy) is 1. The number of nitrogens with zero attached hydrogens (tertiary/aromatic N) is 4. The van der Waals surface area contributed by atoms with Crippen LogP contribution >= 0.6 is 0 Å². The van der Waals surface area contributed by atoms with Crippen LogP contribution in [0.1, 0.15) is 23.2 Å². The standard InChI is InChI=1S/C18H23N5O3/c1-13-8-16(24)21-18(20-13)15-11-23(6-7-26-15)17(25)12-22(2)10-14-4-3-5-19-9-14/h3-5,8-9,15H,6-7,10-12H2,1-2H3,(H,20,21,24). The lowest BCUT2D eigenvalue weighted by Crippen LogP contribution is -2.46. The lowest BCUT2D eigenvalue weighted by atomic mass is 10.2. The first-order valence-corrected chi connectivity index (χ1v) is 8.56. The van der Waals surface area contributed by atoms with Crippen molar-refractivity contribution in [2.75, 3.05) is 33.3 Å². The van der Waals surface area contributed by atoms with Crippen molar-refractivity contribution in [3.05, 3.63) is 58.0 Å². The third kappa shape index (κ3) is 4.74. The first kappa shape index (κ1) is 18.2. The summed E-state index contributed by atoms with van der Waals surface area (Å²) < 4.78 is 5.71. The molecular weight excluding hydrogens is 334 g/mol. The first-order valence-electron chi connectivity index (χ1n) is 8.56. The van der Waals surface area contributed by atoms with E-state index in [9.17, 15) is 9.59 Å². The number of pyridine rings is 1. The van der Waals surface area contributed by atoms with Gasteiger partial charge in [0.2, 0.25) is 5.91 Å². The van der Waals surface area contributed by atoms with Gasteiger partial charge in [0.1, 0.15) is 11.9 Å². The summed E-state index contributed by atoms with van der Waals surface area (Å²) in [7, 11) is 1.91. The molecule has 8 nitrogen and oxygen atoms in total. The van der Waals surface area contributed by atoms with Crippen LogP contribution in [-0.2, 0) is 16.1 Å². The van der Waals surface area contributed by atoms with Gasteiger partial charge in [-0.05, 0) is 25.6 Å². The summed E-state index contributed by atoms with van der Waals surface area (Å²) in [5.41, 5.74) is 1.48. The van der Waals surface area contributed by atoms with E-state index >= 15 is 0 Å². The second-order valence-electron chi connectivity index (χ2n) is 6.50. The van der Waals surface area contributed by atoms with Crippen molar-refractivity contribution in [3.63, 3.8) is 0 Å². The van der Waals surface area contributed by atoms with Crippen molar-refractivity contribution >= 4 is 5.91 Å². The highest BCUT2D eigenvalue weighted by atomic mass is 16.5. The number of hydrogen-bond acceptors (Lipinski definition) is 6. The third-order valence-corrected chi connectivity index (χ3v) is 4.19. The van der Waals surface area contributed by atoms with E-state index in [1.54, 1.807) is 24.2 Å². The Bertz CT molecular complexity index is 808. The maximum atomic E-state index is 12.6. The molecule has 1 aliphatic rings.